The fourth-order valence-corrected chi connectivity index (χ4v) is 2.04. The molecular weight excluding hydrogens is 250 g/mol. The van der Waals surface area contributed by atoms with Gasteiger partial charge < -0.3 is 10.3 Å². The largest absolute Gasteiger partial charge is 0.352 e. The van der Waals surface area contributed by atoms with Crippen LogP contribution in [0.3, 0.4) is 0 Å². The van der Waals surface area contributed by atoms with Gasteiger partial charge in [-0.25, -0.2) is 15.8 Å². The van der Waals surface area contributed by atoms with Gasteiger partial charge in [0, 0.05) is 25.6 Å². The molecule has 106 valence electrons. The molecule has 3 N–H and O–H groups in total. The van der Waals surface area contributed by atoms with Gasteiger partial charge in [0.1, 0.15) is 17.5 Å². The summed E-state index contributed by atoms with van der Waals surface area (Å²) in [7, 11) is 0. The van der Waals surface area contributed by atoms with Crippen LogP contribution in [0.1, 0.15) is 25.2 Å². The van der Waals surface area contributed by atoms with Crippen LogP contribution in [0.25, 0.3) is 0 Å². The summed E-state index contributed by atoms with van der Waals surface area (Å²) in [6.07, 6.45) is 0.783. The highest BCUT2D eigenvalue weighted by Crippen LogP contribution is 2.18. The Hall–Kier alpha value is -2.14. The Balaban J connectivity index is 2.26. The first-order valence-corrected chi connectivity index (χ1v) is 6.90. The molecule has 0 aliphatic carbocycles. The Labute approximate surface area is 119 Å². The van der Waals surface area contributed by atoms with Crippen LogP contribution in [-0.2, 0) is 13.0 Å². The minimum atomic E-state index is 0.651. The Morgan fingerprint density at radius 3 is 2.50 bits per heavy atom. The molecule has 0 aliphatic heterocycles. The Morgan fingerprint density at radius 2 is 1.90 bits per heavy atom. The SMILES string of the molecule is CCc1nc(NN)cc(N(CC)Cc2ccccc2)n1. The van der Waals surface area contributed by atoms with Crippen LogP contribution in [0, 0.1) is 0 Å². The van der Waals surface area contributed by atoms with E-state index in [0.717, 1.165) is 31.2 Å². The number of anilines is 2. The van der Waals surface area contributed by atoms with Gasteiger partial charge in [0.15, 0.2) is 0 Å². The molecule has 1 heterocycles. The topological polar surface area (TPSA) is 67.1 Å². The maximum atomic E-state index is 5.48. The van der Waals surface area contributed by atoms with Gasteiger partial charge in [-0.05, 0) is 12.5 Å². The van der Waals surface area contributed by atoms with E-state index >= 15 is 0 Å². The van der Waals surface area contributed by atoms with E-state index < -0.39 is 0 Å². The first kappa shape index (κ1) is 14.3. The molecule has 0 bridgehead atoms. The molecule has 1 aromatic heterocycles. The predicted molar refractivity (Wildman–Crippen MR) is 82.4 cm³/mol. The van der Waals surface area contributed by atoms with E-state index in [2.05, 4.69) is 39.4 Å². The van der Waals surface area contributed by atoms with Gasteiger partial charge in [-0.3, -0.25) is 0 Å². The lowest BCUT2D eigenvalue weighted by Gasteiger charge is -2.23. The Bertz CT molecular complexity index is 519. The second-order valence-corrected chi connectivity index (χ2v) is 4.53. The maximum Gasteiger partial charge on any atom is 0.145 e. The molecule has 2 aromatic rings. The number of nitrogens with two attached hydrogens (primary N) is 1. The van der Waals surface area contributed by atoms with Crippen molar-refractivity contribution in [2.75, 3.05) is 16.9 Å². The van der Waals surface area contributed by atoms with Crippen molar-refractivity contribution in [3.63, 3.8) is 0 Å². The third kappa shape index (κ3) is 3.45. The molecule has 0 unspecified atom stereocenters. The van der Waals surface area contributed by atoms with Crippen LogP contribution < -0.4 is 16.2 Å². The number of nitrogen functional groups attached to an aromatic ring is 1. The van der Waals surface area contributed by atoms with Crippen molar-refractivity contribution in [1.29, 1.82) is 0 Å². The van der Waals surface area contributed by atoms with Gasteiger partial charge in [-0.2, -0.15) is 0 Å². The number of aromatic nitrogens is 2. The van der Waals surface area contributed by atoms with E-state index in [1.807, 2.05) is 31.2 Å². The summed E-state index contributed by atoms with van der Waals surface area (Å²) < 4.78 is 0. The molecule has 0 saturated carbocycles. The molecule has 20 heavy (non-hydrogen) atoms. The monoisotopic (exact) mass is 271 g/mol. The second-order valence-electron chi connectivity index (χ2n) is 4.53. The zero-order valence-corrected chi connectivity index (χ0v) is 12.0. The number of benzene rings is 1. The number of rotatable bonds is 6. The van der Waals surface area contributed by atoms with Gasteiger partial charge >= 0.3 is 0 Å². The zero-order valence-electron chi connectivity index (χ0n) is 12.0. The third-order valence-corrected chi connectivity index (χ3v) is 3.15. The van der Waals surface area contributed by atoms with Crippen LogP contribution in [0.5, 0.6) is 0 Å². The van der Waals surface area contributed by atoms with Gasteiger partial charge in [0.05, 0.1) is 0 Å². The number of hydrazine groups is 1. The molecule has 5 nitrogen and oxygen atoms in total. The van der Waals surface area contributed by atoms with E-state index in [0.29, 0.717) is 5.82 Å². The number of nitrogens with one attached hydrogen (secondary N) is 1. The Morgan fingerprint density at radius 1 is 1.15 bits per heavy atom. The minimum absolute atomic E-state index is 0.651. The zero-order chi connectivity index (χ0) is 14.4. The highest BCUT2D eigenvalue weighted by atomic mass is 15.3. The molecular formula is C15H21N5. The van der Waals surface area contributed by atoms with Crippen molar-refractivity contribution in [2.24, 2.45) is 5.84 Å². The van der Waals surface area contributed by atoms with Crippen LogP contribution in [0.15, 0.2) is 36.4 Å². The Kier molecular flexibility index (Phi) is 4.90. The normalized spacial score (nSPS) is 10.3. The van der Waals surface area contributed by atoms with Gasteiger partial charge in [-0.15, -0.1) is 0 Å². The summed E-state index contributed by atoms with van der Waals surface area (Å²) in [6.45, 7) is 5.85. The summed E-state index contributed by atoms with van der Waals surface area (Å²) in [5.74, 6) is 7.82. The van der Waals surface area contributed by atoms with E-state index in [-0.39, 0.29) is 0 Å². The van der Waals surface area contributed by atoms with E-state index in [9.17, 15) is 0 Å². The molecule has 0 aliphatic rings. The number of aryl methyl sites for hydroxylation is 1. The van der Waals surface area contributed by atoms with Crippen LogP contribution >= 0.6 is 0 Å². The van der Waals surface area contributed by atoms with E-state index in [1.54, 1.807) is 0 Å². The fourth-order valence-electron chi connectivity index (χ4n) is 2.04. The molecule has 0 atom stereocenters. The lowest BCUT2D eigenvalue weighted by molar-refractivity contribution is 0.797. The average Bonchev–Trinajstić information content (AvgIpc) is 2.53. The molecule has 2 rings (SSSR count). The molecule has 0 radical (unpaired) electrons. The quantitative estimate of drug-likeness (QED) is 0.623. The predicted octanol–water partition coefficient (Wildman–Crippen LogP) is 2.35. The summed E-state index contributed by atoms with van der Waals surface area (Å²) >= 11 is 0. The summed E-state index contributed by atoms with van der Waals surface area (Å²) in [4.78, 5) is 11.1. The molecule has 0 amide bonds. The van der Waals surface area contributed by atoms with E-state index in [1.165, 1.54) is 5.56 Å². The van der Waals surface area contributed by atoms with Gasteiger partial charge in [-0.1, -0.05) is 37.3 Å². The lowest BCUT2D eigenvalue weighted by atomic mass is 10.2. The van der Waals surface area contributed by atoms with Crippen molar-refractivity contribution in [1.82, 2.24) is 9.97 Å². The van der Waals surface area contributed by atoms with Crippen molar-refractivity contribution in [2.45, 2.75) is 26.8 Å². The van der Waals surface area contributed by atoms with Gasteiger partial charge in [0.2, 0.25) is 0 Å². The van der Waals surface area contributed by atoms with Crippen LogP contribution in [0.4, 0.5) is 11.6 Å². The molecule has 5 heteroatoms. The standard InChI is InChI=1S/C15H21N5/c1-3-13-17-14(19-16)10-15(18-13)20(4-2)11-12-8-6-5-7-9-12/h5-10H,3-4,11,16H2,1-2H3,(H,17,18,19). The minimum Gasteiger partial charge on any atom is -0.352 e. The highest BCUT2D eigenvalue weighted by Gasteiger charge is 2.10. The van der Waals surface area contributed by atoms with Crippen molar-refractivity contribution in [3.05, 3.63) is 47.8 Å². The molecule has 0 fully saturated rings. The van der Waals surface area contributed by atoms with Crippen LogP contribution in [-0.4, -0.2) is 16.5 Å². The highest BCUT2D eigenvalue weighted by molar-refractivity contribution is 5.49. The van der Waals surface area contributed by atoms with Gasteiger partial charge in [0.25, 0.3) is 0 Å². The summed E-state index contributed by atoms with van der Waals surface area (Å²) in [5, 5.41) is 0. The first-order chi connectivity index (χ1) is 9.76. The van der Waals surface area contributed by atoms with E-state index in [4.69, 9.17) is 5.84 Å². The second kappa shape index (κ2) is 6.86. The van der Waals surface area contributed by atoms with Crippen molar-refractivity contribution < 1.29 is 0 Å². The van der Waals surface area contributed by atoms with Crippen molar-refractivity contribution >= 4 is 11.6 Å². The summed E-state index contributed by atoms with van der Waals surface area (Å²) in [6, 6.07) is 12.2. The first-order valence-electron chi connectivity index (χ1n) is 6.90. The molecule has 0 spiro atoms. The summed E-state index contributed by atoms with van der Waals surface area (Å²) in [5.41, 5.74) is 3.86. The number of hydrogen-bond acceptors (Lipinski definition) is 5. The number of nitrogens with zero attached hydrogens (tertiary/aromatic N) is 3. The third-order valence-electron chi connectivity index (χ3n) is 3.15. The van der Waals surface area contributed by atoms with Crippen molar-refractivity contribution in [3.8, 4) is 0 Å². The fraction of sp³-hybridized carbons (Fsp3) is 0.333. The smallest absolute Gasteiger partial charge is 0.145 e. The lowest BCUT2D eigenvalue weighted by Crippen LogP contribution is -2.24. The number of hydrogen-bond donors (Lipinski definition) is 2. The maximum absolute atomic E-state index is 5.48. The molecule has 0 saturated heterocycles. The average molecular weight is 271 g/mol. The van der Waals surface area contributed by atoms with Crippen LogP contribution in [0.2, 0.25) is 0 Å². The molecule has 1 aromatic carbocycles.